The van der Waals surface area contributed by atoms with E-state index in [0.29, 0.717) is 16.4 Å². The van der Waals surface area contributed by atoms with Gasteiger partial charge in [0.1, 0.15) is 0 Å². The quantitative estimate of drug-likeness (QED) is 0.512. The minimum atomic E-state index is -0.534. The number of rotatable bonds is 8. The molecule has 0 bridgehead atoms. The van der Waals surface area contributed by atoms with Crippen LogP contribution in [0.4, 0.5) is 0 Å². The molecule has 0 aliphatic rings. The highest BCUT2D eigenvalue weighted by Crippen LogP contribution is 2.18. The van der Waals surface area contributed by atoms with Crippen molar-refractivity contribution in [2.24, 2.45) is 0 Å². The monoisotopic (exact) mass is 358 g/mol. The topological polar surface area (TPSA) is 60.4 Å². The molecule has 0 atom stereocenters. The molecule has 0 aliphatic heterocycles. The Hall–Kier alpha value is -2.27. The van der Waals surface area contributed by atoms with E-state index < -0.39 is 5.97 Å². The molecular formula is C20H22O4S. The van der Waals surface area contributed by atoms with Gasteiger partial charge in [0.15, 0.2) is 18.2 Å². The van der Waals surface area contributed by atoms with Crippen molar-refractivity contribution in [3.63, 3.8) is 0 Å². The molecule has 0 saturated heterocycles. The minimum absolute atomic E-state index is 0.0185. The summed E-state index contributed by atoms with van der Waals surface area (Å²) in [5, 5.41) is 0. The Kier molecular flexibility index (Phi) is 6.65. The van der Waals surface area contributed by atoms with Crippen LogP contribution in [0.3, 0.4) is 0 Å². The van der Waals surface area contributed by atoms with Crippen molar-refractivity contribution in [2.45, 2.75) is 39.5 Å². The lowest BCUT2D eigenvalue weighted by Crippen LogP contribution is -2.15. The van der Waals surface area contributed by atoms with E-state index in [9.17, 15) is 14.4 Å². The number of Topliss-reactive ketones (excluding diaryl/α,β-unsaturated/α-hetero) is 2. The number of benzene rings is 1. The van der Waals surface area contributed by atoms with Crippen LogP contribution in [0, 0.1) is 6.92 Å². The maximum absolute atomic E-state index is 12.1. The van der Waals surface area contributed by atoms with E-state index in [1.807, 2.05) is 25.1 Å². The fourth-order valence-electron chi connectivity index (χ4n) is 2.28. The third kappa shape index (κ3) is 5.64. The summed E-state index contributed by atoms with van der Waals surface area (Å²) >= 11 is 1.41. The zero-order chi connectivity index (χ0) is 18.4. The summed E-state index contributed by atoms with van der Waals surface area (Å²) in [7, 11) is 0. The summed E-state index contributed by atoms with van der Waals surface area (Å²) in [6, 6.07) is 10.9. The first-order chi connectivity index (χ1) is 11.9. The second kappa shape index (κ2) is 8.72. The van der Waals surface area contributed by atoms with Crippen molar-refractivity contribution in [2.75, 3.05) is 6.61 Å². The molecule has 0 unspecified atom stereocenters. The highest BCUT2D eigenvalue weighted by molar-refractivity contribution is 7.14. The Balaban J connectivity index is 1.77. The number of carbonyl (C=O) groups is 3. The molecule has 1 aromatic heterocycles. The van der Waals surface area contributed by atoms with Crippen LogP contribution >= 0.6 is 11.3 Å². The van der Waals surface area contributed by atoms with E-state index in [4.69, 9.17) is 4.74 Å². The molecule has 0 saturated carbocycles. The summed E-state index contributed by atoms with van der Waals surface area (Å²) < 4.78 is 4.99. The number of aryl methyl sites for hydroxylation is 1. The van der Waals surface area contributed by atoms with Gasteiger partial charge in [0.2, 0.25) is 0 Å². The van der Waals surface area contributed by atoms with Crippen LogP contribution in [0.25, 0.3) is 0 Å². The number of hydrogen-bond donors (Lipinski definition) is 0. The zero-order valence-electron chi connectivity index (χ0n) is 14.7. The van der Waals surface area contributed by atoms with Gasteiger partial charge in [-0.1, -0.05) is 38.1 Å². The molecule has 0 fully saturated rings. The maximum Gasteiger partial charge on any atom is 0.306 e. The van der Waals surface area contributed by atoms with Gasteiger partial charge in [-0.25, -0.2) is 0 Å². The summed E-state index contributed by atoms with van der Waals surface area (Å²) in [4.78, 5) is 37.4. The normalized spacial score (nSPS) is 10.7. The summed E-state index contributed by atoms with van der Waals surface area (Å²) in [5.74, 6) is -0.463. The minimum Gasteiger partial charge on any atom is -0.457 e. The number of ether oxygens (including phenoxy) is 1. The molecule has 1 heterocycles. The van der Waals surface area contributed by atoms with Gasteiger partial charge in [-0.2, -0.15) is 0 Å². The lowest BCUT2D eigenvalue weighted by Gasteiger charge is -2.07. The second-order valence-electron chi connectivity index (χ2n) is 6.19. The van der Waals surface area contributed by atoms with Gasteiger partial charge in [-0.3, -0.25) is 14.4 Å². The van der Waals surface area contributed by atoms with E-state index >= 15 is 0 Å². The first-order valence-corrected chi connectivity index (χ1v) is 9.07. The van der Waals surface area contributed by atoms with Crippen molar-refractivity contribution in [3.05, 3.63) is 57.3 Å². The highest BCUT2D eigenvalue weighted by Gasteiger charge is 2.14. The fourth-order valence-corrected chi connectivity index (χ4v) is 3.11. The van der Waals surface area contributed by atoms with Crippen LogP contribution in [-0.2, 0) is 9.53 Å². The second-order valence-corrected chi connectivity index (χ2v) is 7.48. The SMILES string of the molecule is Cc1ccc(C(=O)CCC(=O)OCC(=O)c2ccc(C(C)C)cc2)s1. The van der Waals surface area contributed by atoms with Crippen LogP contribution in [0.5, 0.6) is 0 Å². The van der Waals surface area contributed by atoms with Crippen molar-refractivity contribution in [1.82, 2.24) is 0 Å². The Morgan fingerprint density at radius 1 is 0.960 bits per heavy atom. The predicted molar refractivity (Wildman–Crippen MR) is 98.4 cm³/mol. The van der Waals surface area contributed by atoms with Crippen molar-refractivity contribution in [3.8, 4) is 0 Å². The molecule has 0 radical (unpaired) electrons. The van der Waals surface area contributed by atoms with Gasteiger partial charge in [-0.05, 0) is 30.5 Å². The number of ketones is 2. The first kappa shape index (κ1) is 19.1. The Morgan fingerprint density at radius 2 is 1.64 bits per heavy atom. The van der Waals surface area contributed by atoms with Crippen LogP contribution in [-0.4, -0.2) is 24.1 Å². The summed E-state index contributed by atoms with van der Waals surface area (Å²) in [6.45, 7) is 5.79. The van der Waals surface area contributed by atoms with E-state index in [0.717, 1.165) is 10.4 Å². The average molecular weight is 358 g/mol. The van der Waals surface area contributed by atoms with Gasteiger partial charge in [-0.15, -0.1) is 11.3 Å². The van der Waals surface area contributed by atoms with Crippen LogP contribution in [0.2, 0.25) is 0 Å². The van der Waals surface area contributed by atoms with Gasteiger partial charge < -0.3 is 4.74 Å². The standard InChI is InChI=1S/C20H22O4S/c1-13(2)15-5-7-16(8-6-15)18(22)12-24-20(23)11-9-17(21)19-10-4-14(3)25-19/h4-8,10,13H,9,11-12H2,1-3H3. The molecule has 25 heavy (non-hydrogen) atoms. The van der Waals surface area contributed by atoms with Crippen LogP contribution < -0.4 is 0 Å². The molecule has 2 rings (SSSR count). The smallest absolute Gasteiger partial charge is 0.306 e. The largest absolute Gasteiger partial charge is 0.457 e. The average Bonchev–Trinajstić information content (AvgIpc) is 3.04. The number of esters is 1. The fraction of sp³-hybridized carbons (Fsp3) is 0.350. The predicted octanol–water partition coefficient (Wildman–Crippen LogP) is 4.57. The van der Waals surface area contributed by atoms with E-state index in [1.165, 1.54) is 11.3 Å². The number of carbonyl (C=O) groups excluding carboxylic acids is 3. The van der Waals surface area contributed by atoms with Crippen LogP contribution in [0.1, 0.15) is 63.1 Å². The van der Waals surface area contributed by atoms with Crippen molar-refractivity contribution >= 4 is 28.9 Å². The number of hydrogen-bond acceptors (Lipinski definition) is 5. The van der Waals surface area contributed by atoms with E-state index in [-0.39, 0.29) is 31.0 Å². The van der Waals surface area contributed by atoms with Crippen molar-refractivity contribution in [1.29, 1.82) is 0 Å². The molecule has 132 valence electrons. The molecule has 0 spiro atoms. The van der Waals surface area contributed by atoms with Crippen molar-refractivity contribution < 1.29 is 19.1 Å². The van der Waals surface area contributed by atoms with Gasteiger partial charge in [0, 0.05) is 16.9 Å². The lowest BCUT2D eigenvalue weighted by molar-refractivity contribution is -0.142. The van der Waals surface area contributed by atoms with Gasteiger partial charge >= 0.3 is 5.97 Å². The molecule has 4 nitrogen and oxygen atoms in total. The third-order valence-corrected chi connectivity index (χ3v) is 4.88. The van der Waals surface area contributed by atoms with Gasteiger partial charge in [0.25, 0.3) is 0 Å². The van der Waals surface area contributed by atoms with Gasteiger partial charge in [0.05, 0.1) is 11.3 Å². The Bertz CT molecular complexity index is 756. The van der Waals surface area contributed by atoms with E-state index in [2.05, 4.69) is 13.8 Å². The Morgan fingerprint density at radius 3 is 2.20 bits per heavy atom. The number of thiophene rings is 1. The Labute approximate surface area is 151 Å². The molecule has 1 aromatic carbocycles. The zero-order valence-corrected chi connectivity index (χ0v) is 15.5. The highest BCUT2D eigenvalue weighted by atomic mass is 32.1. The van der Waals surface area contributed by atoms with E-state index in [1.54, 1.807) is 18.2 Å². The third-order valence-electron chi connectivity index (χ3n) is 3.83. The maximum atomic E-state index is 12.1. The molecule has 0 N–H and O–H groups in total. The first-order valence-electron chi connectivity index (χ1n) is 8.25. The molecule has 5 heteroatoms. The molecule has 0 aliphatic carbocycles. The summed E-state index contributed by atoms with van der Waals surface area (Å²) in [6.07, 6.45) is 0.0748. The van der Waals surface area contributed by atoms with Crippen LogP contribution in [0.15, 0.2) is 36.4 Å². The molecular weight excluding hydrogens is 336 g/mol. The summed E-state index contributed by atoms with van der Waals surface area (Å²) in [5.41, 5.74) is 1.67. The molecule has 0 amide bonds. The molecule has 2 aromatic rings. The lowest BCUT2D eigenvalue weighted by atomic mass is 10.0.